The van der Waals surface area contributed by atoms with Crippen LogP contribution in [0.3, 0.4) is 0 Å². The van der Waals surface area contributed by atoms with Crippen LogP contribution in [-0.4, -0.2) is 58.5 Å². The zero-order valence-corrected chi connectivity index (χ0v) is 12.6. The highest BCUT2D eigenvalue weighted by molar-refractivity contribution is 6.18. The fourth-order valence-electron chi connectivity index (χ4n) is 2.66. The predicted octanol–water partition coefficient (Wildman–Crippen LogP) is 1.54. The summed E-state index contributed by atoms with van der Waals surface area (Å²) in [7, 11) is 2.03. The maximum Gasteiger partial charge on any atom is 0.151 e. The molecular weight excluding hydrogens is 278 g/mol. The number of hydrogen-bond acceptors (Lipinski definition) is 5. The van der Waals surface area contributed by atoms with Crippen molar-refractivity contribution in [3.8, 4) is 0 Å². The number of rotatable bonds is 6. The van der Waals surface area contributed by atoms with Gasteiger partial charge >= 0.3 is 0 Å². The standard InChI is InChI=1S/C14H22ClN3O2/c1-18-12-6-5-10(16-8-7-15)9-11(12)17-13(18)3-2-4-14(19)20/h6,11,14,19-20H,2-5,7-9H2,1H3. The number of aliphatic hydroxyl groups is 2. The van der Waals surface area contributed by atoms with Gasteiger partial charge in [-0.2, -0.15) is 0 Å². The number of aliphatic hydroxyl groups excluding tert-OH is 1. The number of halogens is 1. The summed E-state index contributed by atoms with van der Waals surface area (Å²) < 4.78 is 0. The zero-order chi connectivity index (χ0) is 14.5. The number of fused-ring (bicyclic) bond motifs is 1. The highest BCUT2D eigenvalue weighted by Gasteiger charge is 2.31. The third-order valence-electron chi connectivity index (χ3n) is 3.68. The van der Waals surface area contributed by atoms with Gasteiger partial charge in [-0.1, -0.05) is 6.08 Å². The van der Waals surface area contributed by atoms with E-state index in [1.807, 2.05) is 7.05 Å². The number of likely N-dealkylation sites (N-methyl/N-ethyl adjacent to an activating group) is 1. The lowest BCUT2D eigenvalue weighted by molar-refractivity contribution is -0.0459. The number of hydrogen-bond donors (Lipinski definition) is 2. The van der Waals surface area contributed by atoms with Gasteiger partial charge in [-0.25, -0.2) is 0 Å². The van der Waals surface area contributed by atoms with E-state index in [1.165, 1.54) is 11.4 Å². The van der Waals surface area contributed by atoms with E-state index in [0.717, 1.165) is 31.5 Å². The highest BCUT2D eigenvalue weighted by atomic mass is 35.5. The van der Waals surface area contributed by atoms with Gasteiger partial charge in [0.1, 0.15) is 5.84 Å². The maximum absolute atomic E-state index is 8.88. The monoisotopic (exact) mass is 299 g/mol. The van der Waals surface area contributed by atoms with E-state index in [2.05, 4.69) is 16.0 Å². The summed E-state index contributed by atoms with van der Waals surface area (Å²) in [5.41, 5.74) is 2.41. The second-order valence-corrected chi connectivity index (χ2v) is 5.55. The number of aliphatic imine (C=N–C) groups is 2. The molecule has 0 aromatic carbocycles. The second-order valence-electron chi connectivity index (χ2n) is 5.17. The number of nitrogens with zero attached hydrogens (tertiary/aromatic N) is 3. The summed E-state index contributed by atoms with van der Waals surface area (Å²) in [4.78, 5) is 11.4. The molecule has 0 radical (unpaired) electrons. The Balaban J connectivity index is 1.95. The van der Waals surface area contributed by atoms with Gasteiger partial charge < -0.3 is 15.1 Å². The van der Waals surface area contributed by atoms with Crippen LogP contribution in [0.25, 0.3) is 0 Å². The van der Waals surface area contributed by atoms with Crippen molar-refractivity contribution in [2.45, 2.75) is 44.4 Å². The Labute approximate surface area is 124 Å². The zero-order valence-electron chi connectivity index (χ0n) is 11.8. The molecule has 0 bridgehead atoms. The molecule has 20 heavy (non-hydrogen) atoms. The molecule has 1 aliphatic heterocycles. The van der Waals surface area contributed by atoms with E-state index in [-0.39, 0.29) is 6.04 Å². The van der Waals surface area contributed by atoms with Crippen LogP contribution >= 0.6 is 11.6 Å². The molecule has 0 amide bonds. The second kappa shape index (κ2) is 7.20. The number of amidine groups is 1. The lowest BCUT2D eigenvalue weighted by atomic mass is 9.98. The molecule has 0 saturated carbocycles. The summed E-state index contributed by atoms with van der Waals surface area (Å²) in [5, 5.41) is 17.8. The Morgan fingerprint density at radius 3 is 3.05 bits per heavy atom. The molecule has 2 rings (SSSR count). The molecule has 0 aromatic heterocycles. The fraction of sp³-hybridized carbons (Fsp3) is 0.714. The van der Waals surface area contributed by atoms with Gasteiger partial charge in [0.05, 0.1) is 12.6 Å². The van der Waals surface area contributed by atoms with Crippen molar-refractivity contribution < 1.29 is 10.2 Å². The van der Waals surface area contributed by atoms with E-state index in [4.69, 9.17) is 26.8 Å². The van der Waals surface area contributed by atoms with Crippen LogP contribution in [0.5, 0.6) is 0 Å². The summed E-state index contributed by atoms with van der Waals surface area (Å²) >= 11 is 5.66. The molecule has 0 saturated heterocycles. The topological polar surface area (TPSA) is 68.4 Å². The average Bonchev–Trinajstić information content (AvgIpc) is 2.72. The van der Waals surface area contributed by atoms with Crippen LogP contribution in [0, 0.1) is 0 Å². The van der Waals surface area contributed by atoms with Crippen molar-refractivity contribution in [3.05, 3.63) is 11.8 Å². The van der Waals surface area contributed by atoms with Gasteiger partial charge in [0.25, 0.3) is 0 Å². The Kier molecular flexibility index (Phi) is 5.57. The summed E-state index contributed by atoms with van der Waals surface area (Å²) in [5.74, 6) is 1.59. The minimum atomic E-state index is -1.22. The van der Waals surface area contributed by atoms with E-state index in [9.17, 15) is 0 Å². The Morgan fingerprint density at radius 2 is 2.35 bits per heavy atom. The van der Waals surface area contributed by atoms with E-state index in [1.54, 1.807) is 0 Å². The normalized spacial score (nSPS) is 24.1. The molecule has 5 nitrogen and oxygen atoms in total. The number of allylic oxidation sites excluding steroid dienone is 1. The molecule has 1 unspecified atom stereocenters. The van der Waals surface area contributed by atoms with Crippen molar-refractivity contribution in [1.82, 2.24) is 4.90 Å². The SMILES string of the molecule is CN1C2=CCC(=NCCCl)CC2N=C1CCCC(O)O. The molecule has 0 spiro atoms. The van der Waals surface area contributed by atoms with Crippen molar-refractivity contribution in [1.29, 1.82) is 0 Å². The molecule has 1 aliphatic carbocycles. The third-order valence-corrected chi connectivity index (χ3v) is 3.85. The first-order chi connectivity index (χ1) is 9.61. The Bertz CT molecular complexity index is 432. The van der Waals surface area contributed by atoms with Gasteiger partial charge in [0.15, 0.2) is 6.29 Å². The molecule has 0 fully saturated rings. The van der Waals surface area contributed by atoms with Crippen LogP contribution in [0.4, 0.5) is 0 Å². The molecular formula is C14H22ClN3O2. The molecule has 2 aliphatic rings. The third kappa shape index (κ3) is 3.81. The molecule has 1 heterocycles. The molecule has 2 N–H and O–H groups in total. The fourth-order valence-corrected chi connectivity index (χ4v) is 2.75. The van der Waals surface area contributed by atoms with Crippen LogP contribution in [0.1, 0.15) is 32.1 Å². The molecule has 6 heteroatoms. The molecule has 112 valence electrons. The average molecular weight is 300 g/mol. The smallest absolute Gasteiger partial charge is 0.151 e. The van der Waals surface area contributed by atoms with Crippen LogP contribution in [-0.2, 0) is 0 Å². The van der Waals surface area contributed by atoms with E-state index < -0.39 is 6.29 Å². The Hall–Kier alpha value is -0.910. The highest BCUT2D eigenvalue weighted by Crippen LogP contribution is 2.29. The lowest BCUT2D eigenvalue weighted by Gasteiger charge is -2.22. The van der Waals surface area contributed by atoms with Crippen LogP contribution < -0.4 is 0 Å². The van der Waals surface area contributed by atoms with Gasteiger partial charge in [0.2, 0.25) is 0 Å². The minimum Gasteiger partial charge on any atom is -0.368 e. The van der Waals surface area contributed by atoms with Crippen molar-refractivity contribution >= 4 is 23.1 Å². The van der Waals surface area contributed by atoms with Gasteiger partial charge in [-0.3, -0.25) is 9.98 Å². The van der Waals surface area contributed by atoms with Gasteiger partial charge in [-0.05, 0) is 12.8 Å². The Morgan fingerprint density at radius 1 is 1.55 bits per heavy atom. The van der Waals surface area contributed by atoms with Crippen LogP contribution in [0.2, 0.25) is 0 Å². The predicted molar refractivity (Wildman–Crippen MR) is 81.4 cm³/mol. The quantitative estimate of drug-likeness (QED) is 0.577. The van der Waals surface area contributed by atoms with Crippen molar-refractivity contribution in [2.75, 3.05) is 19.5 Å². The van der Waals surface area contributed by atoms with E-state index in [0.29, 0.717) is 18.8 Å². The summed E-state index contributed by atoms with van der Waals surface area (Å²) in [6, 6.07) is 0.178. The van der Waals surface area contributed by atoms with Crippen molar-refractivity contribution in [2.24, 2.45) is 9.98 Å². The van der Waals surface area contributed by atoms with E-state index >= 15 is 0 Å². The molecule has 1 atom stereocenters. The largest absolute Gasteiger partial charge is 0.368 e. The van der Waals surface area contributed by atoms with Gasteiger partial charge in [-0.15, -0.1) is 11.6 Å². The van der Waals surface area contributed by atoms with Crippen molar-refractivity contribution in [3.63, 3.8) is 0 Å². The first-order valence-corrected chi connectivity index (χ1v) is 7.60. The first kappa shape index (κ1) is 15.5. The maximum atomic E-state index is 8.88. The first-order valence-electron chi connectivity index (χ1n) is 7.06. The lowest BCUT2D eigenvalue weighted by Crippen LogP contribution is -2.26. The van der Waals surface area contributed by atoms with Crippen LogP contribution in [0.15, 0.2) is 21.8 Å². The van der Waals surface area contributed by atoms with Gasteiger partial charge in [0, 0.05) is 43.6 Å². The summed E-state index contributed by atoms with van der Waals surface area (Å²) in [6.45, 7) is 0.674. The summed E-state index contributed by atoms with van der Waals surface area (Å²) in [6.07, 6.45) is 4.62. The minimum absolute atomic E-state index is 0.178. The number of alkyl halides is 1. The molecule has 0 aromatic rings.